The van der Waals surface area contributed by atoms with E-state index in [9.17, 15) is 14.7 Å². The molecule has 2 aromatic rings. The van der Waals surface area contributed by atoms with Crippen LogP contribution >= 0.6 is 0 Å². The molecule has 2 aliphatic heterocycles. The quantitative estimate of drug-likeness (QED) is 0.460. The smallest absolute Gasteiger partial charge is 0.229 e. The molecule has 0 saturated carbocycles. The summed E-state index contributed by atoms with van der Waals surface area (Å²) in [5.41, 5.74) is 2.52. The zero-order chi connectivity index (χ0) is 21.3. The molecule has 0 spiro atoms. The standard InChI is InChI=1S/C24H23NO5/c1-24(2)14-16-10-22-23(30-9-8-29-22)11-17(16)18(25-24)12-20(27)21(28)13-19(26)15-6-4-3-5-7-15/h3-7,10-13,25-26H,8-9,14H2,1-2H3/b18-12-,19-13-. The highest BCUT2D eigenvalue weighted by Gasteiger charge is 2.30. The summed E-state index contributed by atoms with van der Waals surface area (Å²) in [6, 6.07) is 12.4. The van der Waals surface area contributed by atoms with Gasteiger partial charge in [-0.2, -0.15) is 0 Å². The van der Waals surface area contributed by atoms with E-state index in [-0.39, 0.29) is 11.3 Å². The third-order valence-electron chi connectivity index (χ3n) is 5.02. The van der Waals surface area contributed by atoms with Crippen LogP contribution in [0.1, 0.15) is 30.5 Å². The van der Waals surface area contributed by atoms with Crippen LogP contribution < -0.4 is 14.8 Å². The summed E-state index contributed by atoms with van der Waals surface area (Å²) in [5.74, 6) is -0.459. The highest BCUT2D eigenvalue weighted by Crippen LogP contribution is 2.39. The van der Waals surface area contributed by atoms with Crippen LogP contribution in [0.25, 0.3) is 11.5 Å². The van der Waals surface area contributed by atoms with Crippen LogP contribution in [0.2, 0.25) is 0 Å². The van der Waals surface area contributed by atoms with E-state index in [1.54, 1.807) is 30.3 Å². The van der Waals surface area contributed by atoms with Gasteiger partial charge >= 0.3 is 0 Å². The van der Waals surface area contributed by atoms with Crippen LogP contribution in [0.15, 0.2) is 54.6 Å². The lowest BCUT2D eigenvalue weighted by Gasteiger charge is -2.36. The summed E-state index contributed by atoms with van der Waals surface area (Å²) in [6.45, 7) is 5.01. The molecule has 0 atom stereocenters. The van der Waals surface area contributed by atoms with Gasteiger partial charge < -0.3 is 19.9 Å². The molecule has 2 aromatic carbocycles. The summed E-state index contributed by atoms with van der Waals surface area (Å²) in [4.78, 5) is 25.0. The van der Waals surface area contributed by atoms with Gasteiger partial charge in [-0.3, -0.25) is 9.59 Å². The van der Waals surface area contributed by atoms with Gasteiger partial charge in [0.2, 0.25) is 11.6 Å². The molecule has 6 heteroatoms. The number of aliphatic hydroxyl groups is 1. The molecular formula is C24H23NO5. The first kappa shape index (κ1) is 19.8. The van der Waals surface area contributed by atoms with E-state index in [1.165, 1.54) is 6.08 Å². The summed E-state index contributed by atoms with van der Waals surface area (Å²) in [5, 5.41) is 13.5. The molecule has 2 aliphatic rings. The van der Waals surface area contributed by atoms with Crippen LogP contribution in [0, 0.1) is 0 Å². The third kappa shape index (κ3) is 4.08. The second kappa shape index (κ2) is 7.71. The molecule has 6 nitrogen and oxygen atoms in total. The van der Waals surface area contributed by atoms with Crippen molar-refractivity contribution < 1.29 is 24.2 Å². The van der Waals surface area contributed by atoms with Gasteiger partial charge in [0.1, 0.15) is 19.0 Å². The molecule has 4 rings (SSSR count). The lowest BCUT2D eigenvalue weighted by molar-refractivity contribution is -0.130. The maximum absolute atomic E-state index is 12.6. The second-order valence-corrected chi connectivity index (χ2v) is 8.02. The zero-order valence-corrected chi connectivity index (χ0v) is 16.9. The number of ether oxygens (including phenoxy) is 2. The second-order valence-electron chi connectivity index (χ2n) is 8.02. The maximum atomic E-state index is 12.6. The number of carbonyl (C=O) groups is 2. The van der Waals surface area contributed by atoms with Gasteiger partial charge in [-0.15, -0.1) is 0 Å². The number of nitrogens with one attached hydrogen (secondary N) is 1. The van der Waals surface area contributed by atoms with E-state index in [2.05, 4.69) is 5.32 Å². The van der Waals surface area contributed by atoms with Crippen LogP contribution in [-0.4, -0.2) is 35.4 Å². The molecule has 0 bridgehead atoms. The van der Waals surface area contributed by atoms with Gasteiger partial charge in [0.05, 0.1) is 0 Å². The van der Waals surface area contributed by atoms with Crippen molar-refractivity contribution in [1.29, 1.82) is 0 Å². The number of fused-ring (bicyclic) bond motifs is 2. The first-order valence-corrected chi connectivity index (χ1v) is 9.79. The molecule has 30 heavy (non-hydrogen) atoms. The molecule has 0 saturated heterocycles. The number of hydrogen-bond acceptors (Lipinski definition) is 6. The van der Waals surface area contributed by atoms with Gasteiger partial charge in [-0.25, -0.2) is 0 Å². The molecule has 154 valence electrons. The number of benzene rings is 2. The Hall–Kier alpha value is -3.54. The maximum Gasteiger partial charge on any atom is 0.229 e. The largest absolute Gasteiger partial charge is 0.507 e. The van der Waals surface area contributed by atoms with Crippen molar-refractivity contribution in [1.82, 2.24) is 5.32 Å². The molecule has 0 aromatic heterocycles. The summed E-state index contributed by atoms with van der Waals surface area (Å²) < 4.78 is 11.3. The van der Waals surface area contributed by atoms with Crippen LogP contribution in [-0.2, 0) is 16.0 Å². The van der Waals surface area contributed by atoms with Crippen molar-refractivity contribution in [2.45, 2.75) is 25.8 Å². The van der Waals surface area contributed by atoms with Gasteiger partial charge in [-0.05, 0) is 38.0 Å². The number of rotatable bonds is 4. The van der Waals surface area contributed by atoms with E-state index in [4.69, 9.17) is 9.47 Å². The average Bonchev–Trinajstić information content (AvgIpc) is 2.72. The Morgan fingerprint density at radius 3 is 2.40 bits per heavy atom. The van der Waals surface area contributed by atoms with E-state index in [0.717, 1.165) is 23.6 Å². The Kier molecular flexibility index (Phi) is 5.08. The normalized spacial score (nSPS) is 18.3. The predicted molar refractivity (Wildman–Crippen MR) is 113 cm³/mol. The minimum Gasteiger partial charge on any atom is -0.507 e. The van der Waals surface area contributed by atoms with E-state index < -0.39 is 11.6 Å². The highest BCUT2D eigenvalue weighted by atomic mass is 16.6. The Bertz CT molecular complexity index is 1070. The number of carbonyl (C=O) groups excluding carboxylic acids is 2. The summed E-state index contributed by atoms with van der Waals surface area (Å²) in [7, 11) is 0. The Morgan fingerprint density at radius 1 is 1.03 bits per heavy atom. The minimum atomic E-state index is -0.798. The summed E-state index contributed by atoms with van der Waals surface area (Å²) in [6.07, 6.45) is 2.97. The lowest BCUT2D eigenvalue weighted by atomic mass is 9.85. The highest BCUT2D eigenvalue weighted by molar-refractivity contribution is 6.47. The molecule has 2 N–H and O–H groups in total. The first-order valence-electron chi connectivity index (χ1n) is 9.79. The molecule has 0 radical (unpaired) electrons. The lowest BCUT2D eigenvalue weighted by Crippen LogP contribution is -2.44. The molecule has 0 unspecified atom stereocenters. The van der Waals surface area contributed by atoms with Crippen molar-refractivity contribution in [2.75, 3.05) is 13.2 Å². The Labute approximate surface area is 174 Å². The van der Waals surface area contributed by atoms with Crippen molar-refractivity contribution in [3.05, 3.63) is 71.3 Å². The summed E-state index contributed by atoms with van der Waals surface area (Å²) >= 11 is 0. The fourth-order valence-electron chi connectivity index (χ4n) is 3.68. The third-order valence-corrected chi connectivity index (χ3v) is 5.02. The van der Waals surface area contributed by atoms with Gasteiger partial charge in [0.25, 0.3) is 0 Å². The molecule has 2 heterocycles. The predicted octanol–water partition coefficient (Wildman–Crippen LogP) is 3.46. The van der Waals surface area contributed by atoms with Gasteiger partial charge in [0, 0.05) is 34.5 Å². The van der Waals surface area contributed by atoms with Crippen LogP contribution in [0.3, 0.4) is 0 Å². The number of hydrogen-bond donors (Lipinski definition) is 2. The average molecular weight is 405 g/mol. The van der Waals surface area contributed by atoms with Crippen LogP contribution in [0.4, 0.5) is 0 Å². The molecule has 0 aliphatic carbocycles. The van der Waals surface area contributed by atoms with Crippen molar-refractivity contribution in [3.8, 4) is 11.5 Å². The molecular weight excluding hydrogens is 382 g/mol. The van der Waals surface area contributed by atoms with Crippen LogP contribution in [0.5, 0.6) is 11.5 Å². The molecule has 0 amide bonds. The Balaban J connectivity index is 1.66. The van der Waals surface area contributed by atoms with Gasteiger partial charge in [-0.1, -0.05) is 30.3 Å². The zero-order valence-electron chi connectivity index (χ0n) is 16.9. The Morgan fingerprint density at radius 2 is 1.70 bits per heavy atom. The van der Waals surface area contributed by atoms with Crippen molar-refractivity contribution in [3.63, 3.8) is 0 Å². The monoisotopic (exact) mass is 405 g/mol. The molecule has 0 fully saturated rings. The van der Waals surface area contributed by atoms with E-state index in [0.29, 0.717) is 36.0 Å². The topological polar surface area (TPSA) is 84.9 Å². The fraction of sp³-hybridized carbons (Fsp3) is 0.250. The fourth-order valence-corrected chi connectivity index (χ4v) is 3.68. The number of ketones is 2. The van der Waals surface area contributed by atoms with Gasteiger partial charge in [0.15, 0.2) is 11.5 Å². The van der Waals surface area contributed by atoms with E-state index >= 15 is 0 Å². The minimum absolute atomic E-state index is 0.246. The van der Waals surface area contributed by atoms with Crippen molar-refractivity contribution >= 4 is 23.0 Å². The SMILES string of the molecule is CC1(C)Cc2cc3c(cc2/C(=C/C(=O)C(=O)/C=C(\O)c2ccccc2)N1)OCCO3. The van der Waals surface area contributed by atoms with E-state index in [1.807, 2.05) is 26.0 Å². The first-order chi connectivity index (χ1) is 14.3. The number of aliphatic hydroxyl groups excluding tert-OH is 1. The van der Waals surface area contributed by atoms with Crippen molar-refractivity contribution in [2.24, 2.45) is 0 Å². The number of allylic oxidation sites excluding steroid dienone is 2.